The summed E-state index contributed by atoms with van der Waals surface area (Å²) in [5.74, 6) is -0.889. The molecule has 1 unspecified atom stereocenters. The summed E-state index contributed by atoms with van der Waals surface area (Å²) in [5.41, 5.74) is 3.92. The van der Waals surface area contributed by atoms with Gasteiger partial charge in [0, 0.05) is 29.6 Å². The average molecular weight is 316 g/mol. The van der Waals surface area contributed by atoms with Crippen molar-refractivity contribution in [2.24, 2.45) is 0 Å². The second-order valence-electron chi connectivity index (χ2n) is 5.21. The largest absolute Gasteiger partial charge is 0.480 e. The lowest BCUT2D eigenvalue weighted by atomic mass is 10.1. The van der Waals surface area contributed by atoms with E-state index in [1.165, 1.54) is 5.56 Å². The lowest BCUT2D eigenvalue weighted by molar-refractivity contribution is -0.139. The van der Waals surface area contributed by atoms with E-state index in [1.807, 2.05) is 12.1 Å². The maximum atomic E-state index is 11.4. The van der Waals surface area contributed by atoms with Crippen LogP contribution >= 0.6 is 11.7 Å². The summed E-state index contributed by atoms with van der Waals surface area (Å²) >= 11 is 1.09. The minimum absolute atomic E-state index is 0.324. The number of nitrogens with one attached hydrogen (secondary N) is 2. The molecule has 7 heteroatoms. The van der Waals surface area contributed by atoms with E-state index in [4.69, 9.17) is 0 Å². The zero-order valence-corrected chi connectivity index (χ0v) is 12.9. The van der Waals surface area contributed by atoms with Gasteiger partial charge in [0.05, 0.1) is 23.6 Å². The van der Waals surface area contributed by atoms with Crippen LogP contribution in [0.5, 0.6) is 0 Å². The SMILES string of the molecule is Cc1cccc2[nH]c(CNC(Cc3cnsn3)C(=O)O)cc12. The minimum atomic E-state index is -0.889. The number of nitrogens with zero attached hydrogens (tertiary/aromatic N) is 2. The number of aryl methyl sites for hydroxylation is 1. The summed E-state index contributed by atoms with van der Waals surface area (Å²) in [6, 6.07) is 7.45. The highest BCUT2D eigenvalue weighted by Gasteiger charge is 2.19. The van der Waals surface area contributed by atoms with E-state index in [-0.39, 0.29) is 0 Å². The van der Waals surface area contributed by atoms with E-state index in [2.05, 4.69) is 38.1 Å². The Balaban J connectivity index is 1.70. The number of rotatable bonds is 6. The third kappa shape index (κ3) is 3.15. The first kappa shape index (κ1) is 14.7. The van der Waals surface area contributed by atoms with Crippen LogP contribution in [0.1, 0.15) is 17.0 Å². The van der Waals surface area contributed by atoms with Gasteiger partial charge in [-0.05, 0) is 24.6 Å². The van der Waals surface area contributed by atoms with Gasteiger partial charge in [0.2, 0.25) is 0 Å². The first-order valence-corrected chi connectivity index (χ1v) is 7.66. The molecule has 2 aromatic heterocycles. The number of benzene rings is 1. The Labute approximate surface area is 131 Å². The molecule has 0 saturated heterocycles. The van der Waals surface area contributed by atoms with Crippen molar-refractivity contribution in [1.29, 1.82) is 0 Å². The first-order chi connectivity index (χ1) is 10.6. The number of carboxylic acid groups (broad SMARTS) is 1. The van der Waals surface area contributed by atoms with Gasteiger partial charge in [-0.2, -0.15) is 8.75 Å². The Kier molecular flexibility index (Phi) is 4.17. The summed E-state index contributed by atoms with van der Waals surface area (Å²) in [7, 11) is 0. The molecule has 0 fully saturated rings. The Bertz CT molecular complexity index is 782. The van der Waals surface area contributed by atoms with Gasteiger partial charge in [0.1, 0.15) is 6.04 Å². The summed E-state index contributed by atoms with van der Waals surface area (Å²) in [6.07, 6.45) is 1.93. The highest BCUT2D eigenvalue weighted by atomic mass is 32.1. The zero-order valence-electron chi connectivity index (χ0n) is 12.0. The molecule has 0 aliphatic rings. The molecule has 0 bridgehead atoms. The van der Waals surface area contributed by atoms with Crippen LogP contribution in [-0.2, 0) is 17.8 Å². The van der Waals surface area contributed by atoms with Crippen LogP contribution in [0.25, 0.3) is 10.9 Å². The molecule has 114 valence electrons. The Morgan fingerprint density at radius 2 is 2.36 bits per heavy atom. The maximum Gasteiger partial charge on any atom is 0.321 e. The van der Waals surface area contributed by atoms with Crippen molar-refractivity contribution < 1.29 is 9.90 Å². The van der Waals surface area contributed by atoms with E-state index >= 15 is 0 Å². The van der Waals surface area contributed by atoms with Crippen molar-refractivity contribution in [2.45, 2.75) is 25.9 Å². The van der Waals surface area contributed by atoms with Gasteiger partial charge in [-0.1, -0.05) is 12.1 Å². The highest BCUT2D eigenvalue weighted by Crippen LogP contribution is 2.19. The van der Waals surface area contributed by atoms with E-state index < -0.39 is 12.0 Å². The molecule has 22 heavy (non-hydrogen) atoms. The fourth-order valence-corrected chi connectivity index (χ4v) is 2.87. The third-order valence-electron chi connectivity index (χ3n) is 3.60. The minimum Gasteiger partial charge on any atom is -0.480 e. The van der Waals surface area contributed by atoms with Crippen molar-refractivity contribution in [3.63, 3.8) is 0 Å². The van der Waals surface area contributed by atoms with Gasteiger partial charge in [-0.25, -0.2) is 0 Å². The number of aliphatic carboxylic acids is 1. The second kappa shape index (κ2) is 6.25. The van der Waals surface area contributed by atoms with Gasteiger partial charge in [0.25, 0.3) is 0 Å². The number of carboxylic acids is 1. The van der Waals surface area contributed by atoms with Crippen LogP contribution in [-0.4, -0.2) is 30.8 Å². The van der Waals surface area contributed by atoms with E-state index in [1.54, 1.807) is 6.20 Å². The summed E-state index contributed by atoms with van der Waals surface area (Å²) in [4.78, 5) is 14.7. The molecule has 3 rings (SSSR count). The van der Waals surface area contributed by atoms with E-state index in [0.717, 1.165) is 28.3 Å². The molecule has 0 amide bonds. The maximum absolute atomic E-state index is 11.4. The monoisotopic (exact) mass is 316 g/mol. The number of fused-ring (bicyclic) bond motifs is 1. The van der Waals surface area contributed by atoms with Crippen molar-refractivity contribution in [1.82, 2.24) is 19.0 Å². The van der Waals surface area contributed by atoms with Crippen LogP contribution in [0.15, 0.2) is 30.5 Å². The van der Waals surface area contributed by atoms with Crippen LogP contribution < -0.4 is 5.32 Å². The number of aromatic amines is 1. The Morgan fingerprint density at radius 1 is 1.50 bits per heavy atom. The van der Waals surface area contributed by atoms with Crippen molar-refractivity contribution in [2.75, 3.05) is 0 Å². The normalized spacial score (nSPS) is 12.6. The smallest absolute Gasteiger partial charge is 0.321 e. The molecule has 0 radical (unpaired) electrons. The number of aromatic nitrogens is 3. The molecule has 0 aliphatic carbocycles. The lowest BCUT2D eigenvalue weighted by Crippen LogP contribution is -2.38. The fourth-order valence-electron chi connectivity index (χ4n) is 2.42. The van der Waals surface area contributed by atoms with Gasteiger partial charge in [-0.3, -0.25) is 10.1 Å². The molecule has 0 saturated carbocycles. The summed E-state index contributed by atoms with van der Waals surface area (Å²) in [5, 5.41) is 13.5. The lowest BCUT2D eigenvalue weighted by Gasteiger charge is -2.12. The van der Waals surface area contributed by atoms with Crippen LogP contribution in [0.2, 0.25) is 0 Å². The van der Waals surface area contributed by atoms with Crippen molar-refractivity contribution in [3.05, 3.63) is 47.4 Å². The molecule has 0 aliphatic heterocycles. The van der Waals surface area contributed by atoms with E-state index in [9.17, 15) is 9.90 Å². The molecule has 6 nitrogen and oxygen atoms in total. The zero-order chi connectivity index (χ0) is 15.5. The standard InChI is InChI=1S/C15H16N4O2S/c1-9-3-2-4-13-12(9)5-10(18-13)7-16-14(15(20)21)6-11-8-17-22-19-11/h2-5,8,14,16,18H,6-7H2,1H3,(H,20,21). The first-order valence-electron chi connectivity index (χ1n) is 6.93. The third-order valence-corrected chi connectivity index (χ3v) is 4.11. The number of carbonyl (C=O) groups is 1. The van der Waals surface area contributed by atoms with E-state index in [0.29, 0.717) is 18.7 Å². The molecule has 3 N–H and O–H groups in total. The topological polar surface area (TPSA) is 90.9 Å². The fraction of sp³-hybridized carbons (Fsp3) is 0.267. The van der Waals surface area contributed by atoms with Crippen molar-refractivity contribution in [3.8, 4) is 0 Å². The van der Waals surface area contributed by atoms with Gasteiger partial charge >= 0.3 is 5.97 Å². The average Bonchev–Trinajstić information content (AvgIpc) is 3.12. The second-order valence-corrected chi connectivity index (χ2v) is 5.76. The van der Waals surface area contributed by atoms with Crippen LogP contribution in [0.4, 0.5) is 0 Å². The molecule has 1 atom stereocenters. The predicted molar refractivity (Wildman–Crippen MR) is 84.9 cm³/mol. The van der Waals surface area contributed by atoms with Gasteiger partial charge in [0.15, 0.2) is 0 Å². The molecular formula is C15H16N4O2S. The summed E-state index contributed by atoms with van der Waals surface area (Å²) in [6.45, 7) is 2.52. The molecule has 2 heterocycles. The molecule has 3 aromatic rings. The number of hydrogen-bond acceptors (Lipinski definition) is 5. The number of H-pyrrole nitrogens is 1. The molecule has 0 spiro atoms. The highest BCUT2D eigenvalue weighted by molar-refractivity contribution is 6.99. The number of hydrogen-bond donors (Lipinski definition) is 3. The summed E-state index contributed by atoms with van der Waals surface area (Å²) < 4.78 is 7.95. The predicted octanol–water partition coefficient (Wildman–Crippen LogP) is 2.11. The van der Waals surface area contributed by atoms with Gasteiger partial charge < -0.3 is 10.1 Å². The quantitative estimate of drug-likeness (QED) is 0.648. The molecular weight excluding hydrogens is 300 g/mol. The Morgan fingerprint density at radius 3 is 3.05 bits per heavy atom. The van der Waals surface area contributed by atoms with Gasteiger partial charge in [-0.15, -0.1) is 0 Å². The Hall–Kier alpha value is -2.25. The molecule has 1 aromatic carbocycles. The van der Waals surface area contributed by atoms with Crippen LogP contribution in [0.3, 0.4) is 0 Å². The van der Waals surface area contributed by atoms with Crippen LogP contribution in [0, 0.1) is 6.92 Å². The van der Waals surface area contributed by atoms with Crippen molar-refractivity contribution >= 4 is 28.6 Å².